The molecule has 1 N–H and O–H groups in total. The number of benzene rings is 2. The topological polar surface area (TPSA) is 59.9 Å². The number of amides is 1. The van der Waals surface area contributed by atoms with Gasteiger partial charge in [0, 0.05) is 0 Å². The van der Waals surface area contributed by atoms with Crippen LogP contribution in [0.3, 0.4) is 0 Å². The van der Waals surface area contributed by atoms with Gasteiger partial charge in [0.1, 0.15) is 11.5 Å². The molecule has 0 radical (unpaired) electrons. The molecule has 0 bridgehead atoms. The van der Waals surface area contributed by atoms with Gasteiger partial charge in [0.15, 0.2) is 6.61 Å². The number of aryl methyl sites for hydroxylation is 1. The van der Waals surface area contributed by atoms with Gasteiger partial charge in [-0.3, -0.25) is 4.79 Å². The number of nitrogens with one attached hydrogen (secondary N) is 1. The maximum atomic E-state index is 11.6. The van der Waals surface area contributed by atoms with E-state index in [1.54, 1.807) is 13.3 Å². The molecule has 2 rings (SSSR count). The molecule has 0 spiro atoms. The van der Waals surface area contributed by atoms with E-state index >= 15 is 0 Å². The summed E-state index contributed by atoms with van der Waals surface area (Å²) >= 11 is 0. The van der Waals surface area contributed by atoms with Gasteiger partial charge in [0.2, 0.25) is 0 Å². The Morgan fingerprint density at radius 3 is 2.59 bits per heavy atom. The molecule has 2 aromatic rings. The first kappa shape index (κ1) is 15.6. The largest absolute Gasteiger partial charge is 0.497 e. The maximum Gasteiger partial charge on any atom is 0.277 e. The zero-order valence-corrected chi connectivity index (χ0v) is 12.6. The van der Waals surface area contributed by atoms with E-state index in [4.69, 9.17) is 9.47 Å². The highest BCUT2D eigenvalue weighted by molar-refractivity contribution is 5.83. The van der Waals surface area contributed by atoms with Crippen LogP contribution in [0.4, 0.5) is 0 Å². The van der Waals surface area contributed by atoms with Gasteiger partial charge in [-0.05, 0) is 48.4 Å². The number of hydrazone groups is 1. The monoisotopic (exact) mass is 298 g/mol. The molecule has 0 aliphatic rings. The average Bonchev–Trinajstić information content (AvgIpc) is 2.55. The summed E-state index contributed by atoms with van der Waals surface area (Å²) in [6, 6.07) is 14.9. The van der Waals surface area contributed by atoms with E-state index < -0.39 is 0 Å². The first-order valence-corrected chi connectivity index (χ1v) is 6.83. The van der Waals surface area contributed by atoms with E-state index in [-0.39, 0.29) is 12.5 Å². The molecule has 22 heavy (non-hydrogen) atoms. The number of carbonyl (C=O) groups excluding carboxylic acids is 1. The van der Waals surface area contributed by atoms with E-state index in [1.165, 1.54) is 0 Å². The number of hydrogen-bond acceptors (Lipinski definition) is 4. The highest BCUT2D eigenvalue weighted by atomic mass is 16.5. The number of nitrogens with zero attached hydrogens (tertiary/aromatic N) is 1. The smallest absolute Gasteiger partial charge is 0.277 e. The zero-order chi connectivity index (χ0) is 15.8. The number of ether oxygens (including phenoxy) is 2. The normalized spacial score (nSPS) is 10.5. The van der Waals surface area contributed by atoms with Crippen LogP contribution in [0.2, 0.25) is 0 Å². The summed E-state index contributed by atoms with van der Waals surface area (Å²) in [5.74, 6) is 1.15. The van der Waals surface area contributed by atoms with Crippen molar-refractivity contribution in [2.24, 2.45) is 5.10 Å². The zero-order valence-electron chi connectivity index (χ0n) is 12.6. The lowest BCUT2D eigenvalue weighted by Crippen LogP contribution is -2.24. The predicted molar refractivity (Wildman–Crippen MR) is 85.4 cm³/mol. The van der Waals surface area contributed by atoms with E-state index in [2.05, 4.69) is 10.5 Å². The predicted octanol–water partition coefficient (Wildman–Crippen LogP) is 2.53. The Morgan fingerprint density at radius 1 is 1.18 bits per heavy atom. The summed E-state index contributed by atoms with van der Waals surface area (Å²) in [7, 11) is 1.61. The molecule has 0 saturated heterocycles. The van der Waals surface area contributed by atoms with Crippen molar-refractivity contribution in [3.63, 3.8) is 0 Å². The van der Waals surface area contributed by atoms with Crippen molar-refractivity contribution in [3.05, 3.63) is 59.7 Å². The van der Waals surface area contributed by atoms with Gasteiger partial charge in [0.05, 0.1) is 13.3 Å². The fraction of sp³-hybridized carbons (Fsp3) is 0.176. The van der Waals surface area contributed by atoms with Crippen molar-refractivity contribution in [1.82, 2.24) is 5.43 Å². The van der Waals surface area contributed by atoms with Crippen LogP contribution in [0, 0.1) is 6.92 Å². The van der Waals surface area contributed by atoms with Gasteiger partial charge < -0.3 is 9.47 Å². The van der Waals surface area contributed by atoms with Gasteiger partial charge in [0.25, 0.3) is 5.91 Å². The molecular weight excluding hydrogens is 280 g/mol. The summed E-state index contributed by atoms with van der Waals surface area (Å²) in [6.07, 6.45) is 1.56. The van der Waals surface area contributed by atoms with Crippen LogP contribution >= 0.6 is 0 Å². The Kier molecular flexibility index (Phi) is 5.54. The summed E-state index contributed by atoms with van der Waals surface area (Å²) < 4.78 is 10.5. The molecule has 0 heterocycles. The van der Waals surface area contributed by atoms with E-state index in [0.717, 1.165) is 16.9 Å². The Hall–Kier alpha value is -2.82. The van der Waals surface area contributed by atoms with Crippen LogP contribution in [0.1, 0.15) is 11.1 Å². The second kappa shape index (κ2) is 7.83. The highest BCUT2D eigenvalue weighted by Crippen LogP contribution is 2.15. The average molecular weight is 298 g/mol. The van der Waals surface area contributed by atoms with Gasteiger partial charge in [-0.15, -0.1) is 0 Å². The summed E-state index contributed by atoms with van der Waals surface area (Å²) in [5.41, 5.74) is 4.27. The molecule has 114 valence electrons. The molecule has 0 saturated carbocycles. The molecule has 2 aromatic carbocycles. The van der Waals surface area contributed by atoms with Gasteiger partial charge in [-0.1, -0.05) is 18.2 Å². The molecule has 1 amide bonds. The Morgan fingerprint density at radius 2 is 1.91 bits per heavy atom. The van der Waals surface area contributed by atoms with Crippen molar-refractivity contribution in [3.8, 4) is 11.5 Å². The lowest BCUT2D eigenvalue weighted by molar-refractivity contribution is -0.123. The van der Waals surface area contributed by atoms with E-state index in [0.29, 0.717) is 5.75 Å². The van der Waals surface area contributed by atoms with Crippen LogP contribution in [0.15, 0.2) is 53.6 Å². The molecule has 0 atom stereocenters. The third kappa shape index (κ3) is 4.63. The Bertz CT molecular complexity index is 651. The highest BCUT2D eigenvalue weighted by Gasteiger charge is 2.03. The minimum absolute atomic E-state index is 0.0786. The van der Waals surface area contributed by atoms with Crippen molar-refractivity contribution >= 4 is 12.1 Å². The minimum atomic E-state index is -0.312. The Balaban J connectivity index is 1.79. The van der Waals surface area contributed by atoms with Crippen molar-refractivity contribution in [2.75, 3.05) is 13.7 Å². The maximum absolute atomic E-state index is 11.6. The number of rotatable bonds is 6. The van der Waals surface area contributed by atoms with Crippen LogP contribution in [0.25, 0.3) is 0 Å². The lowest BCUT2D eigenvalue weighted by atomic mass is 10.2. The van der Waals surface area contributed by atoms with Crippen molar-refractivity contribution in [1.29, 1.82) is 0 Å². The fourth-order valence-electron chi connectivity index (χ4n) is 1.76. The molecule has 0 fully saturated rings. The quantitative estimate of drug-likeness (QED) is 0.658. The summed E-state index contributed by atoms with van der Waals surface area (Å²) in [5, 5.41) is 3.89. The molecule has 5 heteroatoms. The third-order valence-corrected chi connectivity index (χ3v) is 2.97. The molecule has 0 aromatic heterocycles. The first-order valence-electron chi connectivity index (χ1n) is 6.83. The van der Waals surface area contributed by atoms with E-state index in [1.807, 2.05) is 55.5 Å². The van der Waals surface area contributed by atoms with Crippen LogP contribution < -0.4 is 14.9 Å². The molecular formula is C17H18N2O3. The van der Waals surface area contributed by atoms with E-state index in [9.17, 15) is 4.79 Å². The fourth-order valence-corrected chi connectivity index (χ4v) is 1.76. The second-order valence-electron chi connectivity index (χ2n) is 4.62. The van der Waals surface area contributed by atoms with Crippen molar-refractivity contribution in [2.45, 2.75) is 6.92 Å². The lowest BCUT2D eigenvalue weighted by Gasteiger charge is -2.07. The molecule has 0 aliphatic carbocycles. The number of carbonyl (C=O) groups is 1. The minimum Gasteiger partial charge on any atom is -0.497 e. The molecule has 5 nitrogen and oxygen atoms in total. The SMILES string of the molecule is COc1ccc(C=NNC(=O)COc2ccccc2C)cc1. The summed E-state index contributed by atoms with van der Waals surface area (Å²) in [6.45, 7) is 1.85. The number of para-hydroxylation sites is 1. The number of methoxy groups -OCH3 is 1. The second-order valence-corrected chi connectivity index (χ2v) is 4.62. The first-order chi connectivity index (χ1) is 10.7. The standard InChI is InChI=1S/C17H18N2O3/c1-13-5-3-4-6-16(13)22-12-17(20)19-18-11-14-7-9-15(21-2)10-8-14/h3-11H,12H2,1-2H3,(H,19,20). The van der Waals surface area contributed by atoms with Crippen LogP contribution in [0.5, 0.6) is 11.5 Å². The van der Waals surface area contributed by atoms with Gasteiger partial charge in [-0.25, -0.2) is 5.43 Å². The Labute approximate surface area is 129 Å². The van der Waals surface area contributed by atoms with Crippen molar-refractivity contribution < 1.29 is 14.3 Å². The number of hydrogen-bond donors (Lipinski definition) is 1. The van der Waals surface area contributed by atoms with Gasteiger partial charge >= 0.3 is 0 Å². The molecule has 0 aliphatic heterocycles. The van der Waals surface area contributed by atoms with Gasteiger partial charge in [-0.2, -0.15) is 5.10 Å². The summed E-state index contributed by atoms with van der Waals surface area (Å²) in [4.78, 5) is 11.6. The third-order valence-electron chi connectivity index (χ3n) is 2.97. The van der Waals surface area contributed by atoms with Crippen LogP contribution in [-0.4, -0.2) is 25.8 Å². The van der Waals surface area contributed by atoms with Crippen LogP contribution in [-0.2, 0) is 4.79 Å². The molecule has 0 unspecified atom stereocenters.